The van der Waals surface area contributed by atoms with Gasteiger partial charge in [-0.2, -0.15) is 0 Å². The van der Waals surface area contributed by atoms with Crippen molar-refractivity contribution in [3.8, 4) is 5.75 Å². The van der Waals surface area contributed by atoms with Gasteiger partial charge in [0, 0.05) is 0 Å². The zero-order chi connectivity index (χ0) is 11.6. The van der Waals surface area contributed by atoms with Gasteiger partial charge < -0.3 is 4.74 Å². The fourth-order valence-electron chi connectivity index (χ4n) is 1.80. The fraction of sp³-hybridized carbons (Fsp3) is 0.455. The van der Waals surface area contributed by atoms with Crippen molar-refractivity contribution in [3.63, 3.8) is 0 Å². The quantitative estimate of drug-likeness (QED) is 0.808. The Morgan fingerprint density at radius 2 is 2.12 bits per heavy atom. The molecule has 0 N–H and O–H groups in total. The first kappa shape index (κ1) is 11.3. The Morgan fingerprint density at radius 3 is 2.88 bits per heavy atom. The second-order valence-corrected chi connectivity index (χ2v) is 5.72. The minimum atomic E-state index is -3.19. The van der Waals surface area contributed by atoms with Crippen molar-refractivity contribution in [2.75, 3.05) is 23.2 Å². The molecule has 1 aromatic rings. The molecule has 1 aromatic carbocycles. The second kappa shape index (κ2) is 4.33. The molecule has 0 bridgehead atoms. The predicted octanol–water partition coefficient (Wildman–Crippen LogP) is 1.63. The van der Waals surface area contributed by atoms with E-state index in [1.165, 1.54) is 4.31 Å². The summed E-state index contributed by atoms with van der Waals surface area (Å²) in [5, 5.41) is 0. The average molecular weight is 241 g/mol. The average Bonchev–Trinajstić information content (AvgIpc) is 2.28. The van der Waals surface area contributed by atoms with E-state index in [9.17, 15) is 8.42 Å². The van der Waals surface area contributed by atoms with Crippen molar-refractivity contribution >= 4 is 15.7 Å². The van der Waals surface area contributed by atoms with Crippen molar-refractivity contribution in [1.29, 1.82) is 0 Å². The Bertz CT molecular complexity index is 470. The monoisotopic (exact) mass is 241 g/mol. The Labute approximate surface area is 95.9 Å². The molecule has 0 fully saturated rings. The molecule has 5 heteroatoms. The highest BCUT2D eigenvalue weighted by atomic mass is 32.2. The van der Waals surface area contributed by atoms with Gasteiger partial charge in [-0.3, -0.25) is 4.31 Å². The number of sulfonamides is 1. The van der Waals surface area contributed by atoms with Crippen LogP contribution >= 0.6 is 0 Å². The number of nitrogens with zero attached hydrogens (tertiary/aromatic N) is 1. The van der Waals surface area contributed by atoms with Crippen molar-refractivity contribution in [1.82, 2.24) is 0 Å². The molecule has 1 aliphatic heterocycles. The Kier molecular flexibility index (Phi) is 3.05. The minimum absolute atomic E-state index is 0.182. The fourth-order valence-corrected chi connectivity index (χ4v) is 3.34. The third-order valence-electron chi connectivity index (χ3n) is 2.48. The van der Waals surface area contributed by atoms with Gasteiger partial charge in [0.25, 0.3) is 0 Å². The largest absolute Gasteiger partial charge is 0.489 e. The topological polar surface area (TPSA) is 46.6 Å². The van der Waals surface area contributed by atoms with Gasteiger partial charge >= 0.3 is 0 Å². The number of anilines is 1. The number of hydrogen-bond acceptors (Lipinski definition) is 3. The van der Waals surface area contributed by atoms with E-state index in [-0.39, 0.29) is 5.75 Å². The highest BCUT2D eigenvalue weighted by Crippen LogP contribution is 2.32. The lowest BCUT2D eigenvalue weighted by molar-refractivity contribution is 0.316. The molecular formula is C11H15NO3S. The van der Waals surface area contributed by atoms with Gasteiger partial charge in [-0.25, -0.2) is 8.42 Å². The van der Waals surface area contributed by atoms with Crippen LogP contribution < -0.4 is 9.04 Å². The maximum atomic E-state index is 12.0. The van der Waals surface area contributed by atoms with Gasteiger partial charge in [0.2, 0.25) is 10.0 Å². The number of para-hydroxylation sites is 2. The molecule has 0 unspecified atom stereocenters. The lowest BCUT2D eigenvalue weighted by Crippen LogP contribution is -2.39. The number of hydrogen-bond donors (Lipinski definition) is 0. The number of benzene rings is 1. The lowest BCUT2D eigenvalue weighted by Gasteiger charge is -2.30. The number of fused-ring (bicyclic) bond motifs is 1. The summed E-state index contributed by atoms with van der Waals surface area (Å²) in [6, 6.07) is 7.24. The van der Waals surface area contributed by atoms with Crippen LogP contribution in [0.1, 0.15) is 13.3 Å². The number of rotatable bonds is 3. The van der Waals surface area contributed by atoms with Gasteiger partial charge in [0.1, 0.15) is 12.4 Å². The molecule has 0 aliphatic carbocycles. The summed E-state index contributed by atoms with van der Waals surface area (Å²) < 4.78 is 30.9. The third-order valence-corrected chi connectivity index (χ3v) is 4.46. The van der Waals surface area contributed by atoms with Crippen LogP contribution in [-0.2, 0) is 10.0 Å². The molecule has 2 rings (SSSR count). The van der Waals surface area contributed by atoms with E-state index in [1.807, 2.05) is 19.1 Å². The predicted molar refractivity (Wildman–Crippen MR) is 63.4 cm³/mol. The standard InChI is InChI=1S/C11H15NO3S/c1-2-9-16(13,14)12-7-8-15-11-6-4-3-5-10(11)12/h3-6H,2,7-9H2,1H3. The third kappa shape index (κ3) is 2.00. The summed E-state index contributed by atoms with van der Waals surface area (Å²) in [4.78, 5) is 0. The van der Waals surface area contributed by atoms with E-state index < -0.39 is 10.0 Å². The smallest absolute Gasteiger partial charge is 0.235 e. The molecule has 0 saturated carbocycles. The highest BCUT2D eigenvalue weighted by molar-refractivity contribution is 7.92. The van der Waals surface area contributed by atoms with E-state index in [1.54, 1.807) is 12.1 Å². The van der Waals surface area contributed by atoms with Crippen LogP contribution in [0.15, 0.2) is 24.3 Å². The number of ether oxygens (including phenoxy) is 1. The summed E-state index contributed by atoms with van der Waals surface area (Å²) in [6.07, 6.45) is 0.627. The van der Waals surface area contributed by atoms with Crippen LogP contribution in [0.25, 0.3) is 0 Å². The summed E-state index contributed by atoms with van der Waals surface area (Å²) in [5.41, 5.74) is 0.655. The Balaban J connectivity index is 2.39. The zero-order valence-electron chi connectivity index (χ0n) is 9.22. The van der Waals surface area contributed by atoms with E-state index in [0.29, 0.717) is 31.0 Å². The molecule has 0 radical (unpaired) electrons. The molecule has 16 heavy (non-hydrogen) atoms. The first-order valence-electron chi connectivity index (χ1n) is 5.37. The molecule has 1 aliphatic rings. The molecule has 0 spiro atoms. The SMILES string of the molecule is CCCS(=O)(=O)N1CCOc2ccccc21. The van der Waals surface area contributed by atoms with Crippen molar-refractivity contribution in [3.05, 3.63) is 24.3 Å². The minimum Gasteiger partial charge on any atom is -0.489 e. The van der Waals surface area contributed by atoms with Crippen molar-refractivity contribution < 1.29 is 13.2 Å². The van der Waals surface area contributed by atoms with Crippen LogP contribution in [0, 0.1) is 0 Å². The molecule has 0 amide bonds. The van der Waals surface area contributed by atoms with Crippen LogP contribution in [-0.4, -0.2) is 27.3 Å². The van der Waals surface area contributed by atoms with Crippen LogP contribution in [0.4, 0.5) is 5.69 Å². The summed E-state index contributed by atoms with van der Waals surface area (Å²) >= 11 is 0. The van der Waals surface area contributed by atoms with Crippen LogP contribution in [0.3, 0.4) is 0 Å². The molecule has 1 heterocycles. The molecule has 88 valence electrons. The van der Waals surface area contributed by atoms with Gasteiger partial charge in [-0.15, -0.1) is 0 Å². The summed E-state index contributed by atoms with van der Waals surface area (Å²) in [5.74, 6) is 0.829. The second-order valence-electron chi connectivity index (χ2n) is 3.70. The van der Waals surface area contributed by atoms with E-state index in [2.05, 4.69) is 0 Å². The normalized spacial score (nSPS) is 15.4. The van der Waals surface area contributed by atoms with Gasteiger partial charge in [0.05, 0.1) is 18.0 Å². The molecule has 4 nitrogen and oxygen atoms in total. The van der Waals surface area contributed by atoms with Crippen LogP contribution in [0.5, 0.6) is 5.75 Å². The maximum Gasteiger partial charge on any atom is 0.235 e. The molecular weight excluding hydrogens is 226 g/mol. The zero-order valence-corrected chi connectivity index (χ0v) is 10.0. The van der Waals surface area contributed by atoms with Crippen molar-refractivity contribution in [2.24, 2.45) is 0 Å². The lowest BCUT2D eigenvalue weighted by atomic mass is 10.2. The Morgan fingerprint density at radius 1 is 1.38 bits per heavy atom. The van der Waals surface area contributed by atoms with E-state index >= 15 is 0 Å². The van der Waals surface area contributed by atoms with E-state index in [4.69, 9.17) is 4.74 Å². The van der Waals surface area contributed by atoms with Gasteiger partial charge in [-0.1, -0.05) is 19.1 Å². The van der Waals surface area contributed by atoms with Gasteiger partial charge in [0.15, 0.2) is 0 Å². The summed E-state index contributed by atoms with van der Waals surface area (Å²) in [6.45, 7) is 2.68. The maximum absolute atomic E-state index is 12.0. The van der Waals surface area contributed by atoms with Crippen LogP contribution in [0.2, 0.25) is 0 Å². The molecule has 0 saturated heterocycles. The van der Waals surface area contributed by atoms with E-state index in [0.717, 1.165) is 0 Å². The first-order valence-corrected chi connectivity index (χ1v) is 6.98. The highest BCUT2D eigenvalue weighted by Gasteiger charge is 2.27. The Hall–Kier alpha value is -1.23. The van der Waals surface area contributed by atoms with Gasteiger partial charge in [-0.05, 0) is 18.6 Å². The molecule has 0 atom stereocenters. The summed E-state index contributed by atoms with van der Waals surface area (Å²) in [7, 11) is -3.19. The van der Waals surface area contributed by atoms with Crippen molar-refractivity contribution in [2.45, 2.75) is 13.3 Å². The first-order chi connectivity index (χ1) is 7.65. The molecule has 0 aromatic heterocycles.